The fraction of sp³-hybridized carbons (Fsp3) is 0.545. The molecule has 6 nitrogen and oxygen atoms in total. The van der Waals surface area contributed by atoms with Crippen LogP contribution in [0.2, 0.25) is 0 Å². The number of amides is 1. The number of aromatic nitrogens is 2. The van der Waals surface area contributed by atoms with Crippen molar-refractivity contribution in [1.82, 2.24) is 25.3 Å². The van der Waals surface area contributed by atoms with Gasteiger partial charge < -0.3 is 10.2 Å². The van der Waals surface area contributed by atoms with Crippen LogP contribution in [0.25, 0.3) is 0 Å². The van der Waals surface area contributed by atoms with E-state index < -0.39 is 0 Å². The van der Waals surface area contributed by atoms with Gasteiger partial charge in [0.25, 0.3) is 5.91 Å². The van der Waals surface area contributed by atoms with E-state index in [0.29, 0.717) is 5.69 Å². The van der Waals surface area contributed by atoms with Gasteiger partial charge >= 0.3 is 0 Å². The Morgan fingerprint density at radius 2 is 2.18 bits per heavy atom. The second-order valence-corrected chi connectivity index (χ2v) is 7.97. The molecule has 1 unspecified atom stereocenters. The first-order valence-corrected chi connectivity index (χ1v) is 10.6. The molecule has 2 aromatic rings. The number of carbonyl (C=O) groups is 1. The third kappa shape index (κ3) is 4.13. The molecular formula is C22H31N5O. The van der Waals surface area contributed by atoms with Crippen molar-refractivity contribution in [3.63, 3.8) is 0 Å². The summed E-state index contributed by atoms with van der Waals surface area (Å²) in [5.41, 5.74) is 4.14. The largest absolute Gasteiger partial charge is 0.333 e. The van der Waals surface area contributed by atoms with Crippen molar-refractivity contribution in [1.29, 1.82) is 0 Å². The number of hydrogen-bond acceptors (Lipinski definition) is 4. The van der Waals surface area contributed by atoms with Gasteiger partial charge in [0.15, 0.2) is 5.69 Å². The lowest BCUT2D eigenvalue weighted by molar-refractivity contribution is 0.0527. The average Bonchev–Trinajstić information content (AvgIpc) is 3.17. The summed E-state index contributed by atoms with van der Waals surface area (Å²) in [6.07, 6.45) is 4.08. The minimum Gasteiger partial charge on any atom is -0.333 e. The fourth-order valence-corrected chi connectivity index (χ4v) is 4.50. The Balaban J connectivity index is 1.49. The van der Waals surface area contributed by atoms with Gasteiger partial charge in [-0.3, -0.25) is 14.8 Å². The molecule has 6 heteroatoms. The lowest BCUT2D eigenvalue weighted by Crippen LogP contribution is -2.50. The van der Waals surface area contributed by atoms with Crippen molar-refractivity contribution >= 4 is 5.91 Å². The summed E-state index contributed by atoms with van der Waals surface area (Å²) in [4.78, 5) is 18.0. The van der Waals surface area contributed by atoms with E-state index in [0.717, 1.165) is 76.2 Å². The number of hydrogen-bond donors (Lipinski definition) is 2. The number of aromatic amines is 1. The highest BCUT2D eigenvalue weighted by Gasteiger charge is 2.32. The Labute approximate surface area is 167 Å². The van der Waals surface area contributed by atoms with Crippen molar-refractivity contribution in [3.8, 4) is 0 Å². The summed E-state index contributed by atoms with van der Waals surface area (Å²) in [5.74, 6) is 0.0922. The maximum absolute atomic E-state index is 13.4. The molecule has 4 rings (SSSR count). The second kappa shape index (κ2) is 8.88. The van der Waals surface area contributed by atoms with Gasteiger partial charge in [-0.1, -0.05) is 37.3 Å². The van der Waals surface area contributed by atoms with Gasteiger partial charge in [-0.05, 0) is 31.4 Å². The van der Waals surface area contributed by atoms with Crippen molar-refractivity contribution in [2.45, 2.75) is 51.7 Å². The van der Waals surface area contributed by atoms with Crippen LogP contribution in [0.5, 0.6) is 0 Å². The number of likely N-dealkylation sites (tertiary alicyclic amines) is 1. The zero-order valence-electron chi connectivity index (χ0n) is 16.8. The molecule has 1 fully saturated rings. The van der Waals surface area contributed by atoms with E-state index in [4.69, 9.17) is 0 Å². The monoisotopic (exact) mass is 381 g/mol. The highest BCUT2D eigenvalue weighted by atomic mass is 16.2. The molecule has 3 heterocycles. The summed E-state index contributed by atoms with van der Waals surface area (Å²) in [6, 6.07) is 10.9. The fourth-order valence-electron chi connectivity index (χ4n) is 4.50. The highest BCUT2D eigenvalue weighted by Crippen LogP contribution is 2.23. The number of piperidine rings is 1. The SMILES string of the molecule is CCCN(C(=O)c1n[nH]c2c1CNCC2)C1CCCN(Cc2ccccc2)C1. The number of nitrogens with one attached hydrogen (secondary N) is 2. The van der Waals surface area contributed by atoms with E-state index in [1.165, 1.54) is 5.56 Å². The first kappa shape index (κ1) is 19.2. The van der Waals surface area contributed by atoms with E-state index in [9.17, 15) is 4.79 Å². The third-order valence-corrected chi connectivity index (χ3v) is 5.90. The molecule has 1 aromatic carbocycles. The zero-order chi connectivity index (χ0) is 19.3. The molecule has 0 saturated carbocycles. The molecule has 2 N–H and O–H groups in total. The van der Waals surface area contributed by atoms with Crippen molar-refractivity contribution in [3.05, 3.63) is 52.8 Å². The van der Waals surface area contributed by atoms with Crippen LogP contribution in [-0.2, 0) is 19.5 Å². The van der Waals surface area contributed by atoms with Crippen LogP contribution < -0.4 is 5.32 Å². The average molecular weight is 382 g/mol. The molecular weight excluding hydrogens is 350 g/mol. The van der Waals surface area contributed by atoms with E-state index in [-0.39, 0.29) is 11.9 Å². The maximum Gasteiger partial charge on any atom is 0.274 e. The van der Waals surface area contributed by atoms with Gasteiger partial charge in [0.05, 0.1) is 0 Å². The molecule has 0 aliphatic carbocycles. The van der Waals surface area contributed by atoms with Gasteiger partial charge in [-0.2, -0.15) is 5.10 Å². The summed E-state index contributed by atoms with van der Waals surface area (Å²) in [7, 11) is 0. The zero-order valence-corrected chi connectivity index (χ0v) is 16.8. The molecule has 1 aromatic heterocycles. The first-order chi connectivity index (χ1) is 13.8. The molecule has 2 aliphatic heterocycles. The molecule has 0 radical (unpaired) electrons. The smallest absolute Gasteiger partial charge is 0.274 e. The second-order valence-electron chi connectivity index (χ2n) is 7.97. The Morgan fingerprint density at radius 1 is 1.32 bits per heavy atom. The Kier molecular flexibility index (Phi) is 6.07. The normalized spacial score (nSPS) is 20.0. The first-order valence-electron chi connectivity index (χ1n) is 10.6. The summed E-state index contributed by atoms with van der Waals surface area (Å²) in [6.45, 7) is 7.60. The minimum absolute atomic E-state index is 0.0922. The van der Waals surface area contributed by atoms with Crippen molar-refractivity contribution in [2.24, 2.45) is 0 Å². The van der Waals surface area contributed by atoms with Crippen LogP contribution in [-0.4, -0.2) is 58.1 Å². The van der Waals surface area contributed by atoms with Gasteiger partial charge in [0, 0.05) is 56.4 Å². The quantitative estimate of drug-likeness (QED) is 0.807. The van der Waals surface area contributed by atoms with Crippen LogP contribution in [0.4, 0.5) is 0 Å². The lowest BCUT2D eigenvalue weighted by Gasteiger charge is -2.39. The third-order valence-electron chi connectivity index (χ3n) is 5.90. The van der Waals surface area contributed by atoms with E-state index in [2.05, 4.69) is 62.6 Å². The van der Waals surface area contributed by atoms with Gasteiger partial charge in [-0.15, -0.1) is 0 Å². The summed E-state index contributed by atoms with van der Waals surface area (Å²) < 4.78 is 0. The standard InChI is InChI=1S/C22H31N5O/c1-2-12-27(22(28)21-19-14-23-11-10-20(19)24-25-21)18-9-6-13-26(16-18)15-17-7-4-3-5-8-17/h3-5,7-8,18,23H,2,6,9-16H2,1H3,(H,24,25). The molecule has 0 bridgehead atoms. The summed E-state index contributed by atoms with van der Waals surface area (Å²) >= 11 is 0. The van der Waals surface area contributed by atoms with Crippen LogP contribution in [0.1, 0.15) is 53.5 Å². The number of rotatable bonds is 6. The van der Waals surface area contributed by atoms with Crippen molar-refractivity contribution in [2.75, 3.05) is 26.2 Å². The maximum atomic E-state index is 13.4. The molecule has 28 heavy (non-hydrogen) atoms. The predicted octanol–water partition coefficient (Wildman–Crippen LogP) is 2.57. The Bertz CT molecular complexity index is 787. The number of benzene rings is 1. The van der Waals surface area contributed by atoms with Crippen LogP contribution in [0.15, 0.2) is 30.3 Å². The number of nitrogens with zero attached hydrogens (tertiary/aromatic N) is 3. The van der Waals surface area contributed by atoms with E-state index in [1.54, 1.807) is 0 Å². The molecule has 1 atom stereocenters. The highest BCUT2D eigenvalue weighted by molar-refractivity contribution is 5.94. The van der Waals surface area contributed by atoms with Crippen LogP contribution >= 0.6 is 0 Å². The Hall–Kier alpha value is -2.18. The molecule has 0 spiro atoms. The topological polar surface area (TPSA) is 64.3 Å². The number of fused-ring (bicyclic) bond motifs is 1. The number of H-pyrrole nitrogens is 1. The molecule has 1 saturated heterocycles. The van der Waals surface area contributed by atoms with Gasteiger partial charge in [0.2, 0.25) is 0 Å². The lowest BCUT2D eigenvalue weighted by atomic mass is 10.0. The van der Waals surface area contributed by atoms with E-state index in [1.807, 2.05) is 0 Å². The summed E-state index contributed by atoms with van der Waals surface area (Å²) in [5, 5.41) is 10.9. The van der Waals surface area contributed by atoms with Crippen LogP contribution in [0, 0.1) is 0 Å². The van der Waals surface area contributed by atoms with Gasteiger partial charge in [-0.25, -0.2) is 0 Å². The molecule has 150 valence electrons. The predicted molar refractivity (Wildman–Crippen MR) is 110 cm³/mol. The van der Waals surface area contributed by atoms with Crippen molar-refractivity contribution < 1.29 is 4.79 Å². The van der Waals surface area contributed by atoms with Crippen LogP contribution in [0.3, 0.4) is 0 Å². The Morgan fingerprint density at radius 3 is 3.00 bits per heavy atom. The van der Waals surface area contributed by atoms with Gasteiger partial charge in [0.1, 0.15) is 0 Å². The van der Waals surface area contributed by atoms with E-state index >= 15 is 0 Å². The molecule has 2 aliphatic rings. The number of carbonyl (C=O) groups excluding carboxylic acids is 1. The minimum atomic E-state index is 0.0922. The molecule has 1 amide bonds.